The van der Waals surface area contributed by atoms with Gasteiger partial charge in [0.25, 0.3) is 11.8 Å². The molecule has 0 saturated carbocycles. The first-order chi connectivity index (χ1) is 15.4. The molecule has 160 valence electrons. The lowest BCUT2D eigenvalue weighted by molar-refractivity contribution is -0.137. The molecular formula is C25H20FN3O3. The number of hydrogen-bond acceptors (Lipinski definition) is 4. The monoisotopic (exact) mass is 429 g/mol. The Morgan fingerprint density at radius 1 is 0.875 bits per heavy atom. The Hall–Kier alpha value is -4.26. The van der Waals surface area contributed by atoms with Gasteiger partial charge in [-0.25, -0.2) is 4.39 Å². The molecule has 0 aliphatic carbocycles. The van der Waals surface area contributed by atoms with Crippen molar-refractivity contribution < 1.29 is 18.8 Å². The standard InChI is InChI=1S/C25H20FN3O3/c1-16(30)27-20-12-10-18(11-13-20)22-23(28-21-9-5-8-19(26)14-21)25(32)29(24(22)31)15-17-6-3-2-4-7-17/h2-14,28H,15H2,1H3,(H,27,30). The number of carbonyl (C=O) groups excluding carboxylic acids is 3. The summed E-state index contributed by atoms with van der Waals surface area (Å²) < 4.78 is 13.7. The van der Waals surface area contributed by atoms with Crippen LogP contribution in [0.5, 0.6) is 0 Å². The van der Waals surface area contributed by atoms with Crippen molar-refractivity contribution in [1.29, 1.82) is 0 Å². The van der Waals surface area contributed by atoms with Crippen molar-refractivity contribution in [2.24, 2.45) is 0 Å². The molecule has 0 aromatic heterocycles. The van der Waals surface area contributed by atoms with Crippen LogP contribution in [0.1, 0.15) is 18.1 Å². The fourth-order valence-electron chi connectivity index (χ4n) is 3.50. The fourth-order valence-corrected chi connectivity index (χ4v) is 3.50. The maximum absolute atomic E-state index is 13.7. The SMILES string of the molecule is CC(=O)Nc1ccc(C2=C(Nc3cccc(F)c3)C(=O)N(Cc3ccccc3)C2=O)cc1. The van der Waals surface area contributed by atoms with Gasteiger partial charge in [-0.3, -0.25) is 19.3 Å². The topological polar surface area (TPSA) is 78.5 Å². The number of carbonyl (C=O) groups is 3. The summed E-state index contributed by atoms with van der Waals surface area (Å²) in [6.45, 7) is 1.51. The lowest BCUT2D eigenvalue weighted by atomic mass is 10.0. The molecule has 4 rings (SSSR count). The van der Waals surface area contributed by atoms with Crippen molar-refractivity contribution in [2.75, 3.05) is 10.6 Å². The molecule has 1 heterocycles. The molecule has 3 amide bonds. The first kappa shape index (κ1) is 21.0. The second-order valence-corrected chi connectivity index (χ2v) is 7.33. The molecule has 7 heteroatoms. The van der Waals surface area contributed by atoms with Gasteiger partial charge in [-0.2, -0.15) is 0 Å². The molecule has 3 aromatic rings. The average Bonchev–Trinajstić information content (AvgIpc) is 2.99. The molecular weight excluding hydrogens is 409 g/mol. The van der Waals surface area contributed by atoms with E-state index in [-0.39, 0.29) is 23.7 Å². The first-order valence-electron chi connectivity index (χ1n) is 9.97. The molecule has 0 saturated heterocycles. The zero-order valence-corrected chi connectivity index (χ0v) is 17.3. The summed E-state index contributed by atoms with van der Waals surface area (Å²) >= 11 is 0. The number of hydrogen-bond donors (Lipinski definition) is 2. The van der Waals surface area contributed by atoms with Crippen LogP contribution in [0.25, 0.3) is 5.57 Å². The number of rotatable bonds is 6. The van der Waals surface area contributed by atoms with Gasteiger partial charge >= 0.3 is 0 Å². The summed E-state index contributed by atoms with van der Waals surface area (Å²) in [6, 6.07) is 21.5. The van der Waals surface area contributed by atoms with E-state index in [0.717, 1.165) is 10.5 Å². The molecule has 32 heavy (non-hydrogen) atoms. The fraction of sp³-hybridized carbons (Fsp3) is 0.0800. The van der Waals surface area contributed by atoms with Crippen molar-refractivity contribution in [3.8, 4) is 0 Å². The number of nitrogens with one attached hydrogen (secondary N) is 2. The van der Waals surface area contributed by atoms with Crippen molar-refractivity contribution in [2.45, 2.75) is 13.5 Å². The lowest BCUT2D eigenvalue weighted by Gasteiger charge is -2.15. The number of halogens is 1. The van der Waals surface area contributed by atoms with Crippen LogP contribution < -0.4 is 10.6 Å². The van der Waals surface area contributed by atoms with Gasteiger partial charge in [0.1, 0.15) is 11.5 Å². The number of amides is 3. The van der Waals surface area contributed by atoms with Crippen LogP contribution in [0.15, 0.2) is 84.6 Å². The molecule has 0 spiro atoms. The van der Waals surface area contributed by atoms with E-state index < -0.39 is 17.6 Å². The Balaban J connectivity index is 1.72. The largest absolute Gasteiger partial charge is 0.350 e. The number of nitrogens with zero attached hydrogens (tertiary/aromatic N) is 1. The number of anilines is 2. The van der Waals surface area contributed by atoms with Gasteiger partial charge in [0.05, 0.1) is 12.1 Å². The van der Waals surface area contributed by atoms with Crippen molar-refractivity contribution in [3.05, 3.63) is 102 Å². The summed E-state index contributed by atoms with van der Waals surface area (Å²) in [4.78, 5) is 39.0. The molecule has 3 aromatic carbocycles. The van der Waals surface area contributed by atoms with Crippen LogP contribution in [0.2, 0.25) is 0 Å². The highest BCUT2D eigenvalue weighted by atomic mass is 19.1. The summed E-state index contributed by atoms with van der Waals surface area (Å²) in [5.74, 6) is -1.63. The van der Waals surface area contributed by atoms with Gasteiger partial charge in [-0.1, -0.05) is 48.5 Å². The maximum Gasteiger partial charge on any atom is 0.278 e. The third-order valence-corrected chi connectivity index (χ3v) is 4.94. The first-order valence-corrected chi connectivity index (χ1v) is 9.97. The predicted molar refractivity (Wildman–Crippen MR) is 120 cm³/mol. The van der Waals surface area contributed by atoms with Crippen LogP contribution in [-0.2, 0) is 20.9 Å². The summed E-state index contributed by atoms with van der Waals surface area (Å²) in [5, 5.41) is 5.60. The van der Waals surface area contributed by atoms with Gasteiger partial charge in [-0.15, -0.1) is 0 Å². The highest BCUT2D eigenvalue weighted by Gasteiger charge is 2.39. The third-order valence-electron chi connectivity index (χ3n) is 4.94. The van der Waals surface area contributed by atoms with Gasteiger partial charge in [0.2, 0.25) is 5.91 Å². The van der Waals surface area contributed by atoms with Crippen LogP contribution in [0.3, 0.4) is 0 Å². The van der Waals surface area contributed by atoms with E-state index in [1.165, 1.54) is 25.1 Å². The molecule has 6 nitrogen and oxygen atoms in total. The van der Waals surface area contributed by atoms with E-state index in [1.54, 1.807) is 30.3 Å². The van der Waals surface area contributed by atoms with Gasteiger partial charge in [0.15, 0.2) is 0 Å². The van der Waals surface area contributed by atoms with Gasteiger partial charge in [0, 0.05) is 18.3 Å². The Kier molecular flexibility index (Phi) is 5.81. The molecule has 2 N–H and O–H groups in total. The van der Waals surface area contributed by atoms with Crippen LogP contribution >= 0.6 is 0 Å². The van der Waals surface area contributed by atoms with Crippen molar-refractivity contribution in [1.82, 2.24) is 4.90 Å². The third kappa shape index (κ3) is 4.41. The zero-order valence-electron chi connectivity index (χ0n) is 17.3. The molecule has 0 radical (unpaired) electrons. The van der Waals surface area contributed by atoms with Gasteiger partial charge < -0.3 is 10.6 Å². The van der Waals surface area contributed by atoms with E-state index in [4.69, 9.17) is 0 Å². The Morgan fingerprint density at radius 2 is 1.59 bits per heavy atom. The Bertz CT molecular complexity index is 1220. The van der Waals surface area contributed by atoms with E-state index in [0.29, 0.717) is 16.9 Å². The van der Waals surface area contributed by atoms with E-state index in [9.17, 15) is 18.8 Å². The number of benzene rings is 3. The maximum atomic E-state index is 13.7. The van der Waals surface area contributed by atoms with Crippen molar-refractivity contribution in [3.63, 3.8) is 0 Å². The molecule has 1 aliphatic rings. The number of imide groups is 1. The second kappa shape index (κ2) is 8.85. The summed E-state index contributed by atoms with van der Waals surface area (Å²) in [5.41, 5.74) is 2.50. The molecule has 0 atom stereocenters. The highest BCUT2D eigenvalue weighted by molar-refractivity contribution is 6.36. The van der Waals surface area contributed by atoms with Gasteiger partial charge in [-0.05, 0) is 41.5 Å². The van der Waals surface area contributed by atoms with Crippen molar-refractivity contribution >= 4 is 34.7 Å². The molecule has 0 bridgehead atoms. The lowest BCUT2D eigenvalue weighted by Crippen LogP contribution is -2.32. The minimum Gasteiger partial charge on any atom is -0.350 e. The minimum absolute atomic E-state index is 0.0730. The molecule has 1 aliphatic heterocycles. The van der Waals surface area contributed by atoms with Crippen LogP contribution in [-0.4, -0.2) is 22.6 Å². The summed E-state index contributed by atoms with van der Waals surface area (Å²) in [7, 11) is 0. The van der Waals surface area contributed by atoms with E-state index >= 15 is 0 Å². The Labute approximate surface area is 184 Å². The van der Waals surface area contributed by atoms with Crippen LogP contribution in [0, 0.1) is 5.82 Å². The molecule has 0 unspecified atom stereocenters. The van der Waals surface area contributed by atoms with E-state index in [1.807, 2.05) is 30.3 Å². The zero-order chi connectivity index (χ0) is 22.7. The van der Waals surface area contributed by atoms with E-state index in [2.05, 4.69) is 10.6 Å². The minimum atomic E-state index is -0.496. The highest BCUT2D eigenvalue weighted by Crippen LogP contribution is 2.32. The quantitative estimate of drug-likeness (QED) is 0.577. The Morgan fingerprint density at radius 3 is 2.25 bits per heavy atom. The smallest absolute Gasteiger partial charge is 0.278 e. The summed E-state index contributed by atoms with van der Waals surface area (Å²) in [6.07, 6.45) is 0. The normalized spacial score (nSPS) is 13.5. The second-order valence-electron chi connectivity index (χ2n) is 7.33. The predicted octanol–water partition coefficient (Wildman–Crippen LogP) is 4.18. The molecule has 0 fully saturated rings. The average molecular weight is 429 g/mol. The van der Waals surface area contributed by atoms with Crippen LogP contribution in [0.4, 0.5) is 15.8 Å².